The largest absolute Gasteiger partial charge is 0.395 e. The van der Waals surface area contributed by atoms with Crippen molar-refractivity contribution in [2.75, 3.05) is 6.61 Å². The number of aliphatic hydroxyl groups excluding tert-OH is 1. The fourth-order valence-corrected chi connectivity index (χ4v) is 0.211. The maximum atomic E-state index is 8.46. The van der Waals surface area contributed by atoms with Crippen molar-refractivity contribution >= 4 is 15.9 Å². The second-order valence-electron chi connectivity index (χ2n) is 1.94. The minimum absolute atomic E-state index is 0.234. The number of aliphatic hydroxyl groups is 1. The van der Waals surface area contributed by atoms with Gasteiger partial charge in [-0.15, -0.1) is 0 Å². The molecule has 0 aromatic carbocycles. The number of alkyl halides is 1. The molecule has 44 valence electrons. The molecule has 0 radical (unpaired) electrons. The Morgan fingerprint density at radius 3 is 2.00 bits per heavy atom. The van der Waals surface area contributed by atoms with Crippen molar-refractivity contribution < 1.29 is 5.11 Å². The lowest BCUT2D eigenvalue weighted by Crippen LogP contribution is -2.10. The third-order valence-corrected chi connectivity index (χ3v) is 2.24. The van der Waals surface area contributed by atoms with E-state index in [1.807, 2.05) is 0 Å². The smallest absolute Gasteiger partial charge is 0.0558 e. The summed E-state index contributed by atoms with van der Waals surface area (Å²) < 4.78 is 0. The van der Waals surface area contributed by atoms with Crippen LogP contribution in [0.1, 0.15) is 13.8 Å². The molecule has 1 N–H and O–H groups in total. The Kier molecular flexibility index (Phi) is 3.66. The van der Waals surface area contributed by atoms with Gasteiger partial charge in [0.2, 0.25) is 0 Å². The van der Waals surface area contributed by atoms with Crippen molar-refractivity contribution in [3.05, 3.63) is 0 Å². The predicted octanol–water partition coefficient (Wildman–Crippen LogP) is 1.40. The molecule has 0 heterocycles. The Morgan fingerprint density at radius 2 is 2.00 bits per heavy atom. The minimum Gasteiger partial charge on any atom is -0.395 e. The SMILES string of the molecule is CC(C)C(Br)CO. The molecular formula is C5H11BrO. The van der Waals surface area contributed by atoms with Gasteiger partial charge in [-0.05, 0) is 5.92 Å². The Balaban J connectivity index is 3.14. The van der Waals surface area contributed by atoms with E-state index in [9.17, 15) is 0 Å². The second-order valence-corrected chi connectivity index (χ2v) is 3.12. The van der Waals surface area contributed by atoms with Crippen LogP contribution in [-0.4, -0.2) is 16.5 Å². The molecule has 0 rings (SSSR count). The first-order valence-electron chi connectivity index (χ1n) is 2.43. The number of hydrogen-bond acceptors (Lipinski definition) is 1. The van der Waals surface area contributed by atoms with Gasteiger partial charge in [0.25, 0.3) is 0 Å². The van der Waals surface area contributed by atoms with Crippen LogP contribution in [0.5, 0.6) is 0 Å². The fourth-order valence-electron chi connectivity index (χ4n) is 0.211. The van der Waals surface area contributed by atoms with Gasteiger partial charge in [0.1, 0.15) is 0 Å². The van der Waals surface area contributed by atoms with Gasteiger partial charge in [-0.3, -0.25) is 0 Å². The highest BCUT2D eigenvalue weighted by Crippen LogP contribution is 2.09. The summed E-state index contributed by atoms with van der Waals surface area (Å²) in [7, 11) is 0. The van der Waals surface area contributed by atoms with E-state index in [1.54, 1.807) is 0 Å². The summed E-state index contributed by atoms with van der Waals surface area (Å²) in [6.07, 6.45) is 0. The van der Waals surface area contributed by atoms with E-state index in [0.29, 0.717) is 5.92 Å². The molecule has 7 heavy (non-hydrogen) atoms. The molecule has 0 aromatic rings. The highest BCUT2D eigenvalue weighted by atomic mass is 79.9. The average Bonchev–Trinajstić information content (AvgIpc) is 1.65. The molecule has 0 aliphatic rings. The molecule has 2 heteroatoms. The van der Waals surface area contributed by atoms with Gasteiger partial charge in [-0.1, -0.05) is 29.8 Å². The van der Waals surface area contributed by atoms with Crippen molar-refractivity contribution in [1.82, 2.24) is 0 Å². The minimum atomic E-state index is 0.234. The first-order chi connectivity index (χ1) is 3.18. The Labute approximate surface area is 52.9 Å². The molecule has 0 aliphatic carbocycles. The summed E-state index contributed by atoms with van der Waals surface area (Å²) in [6.45, 7) is 4.36. The highest BCUT2D eigenvalue weighted by molar-refractivity contribution is 9.09. The lowest BCUT2D eigenvalue weighted by molar-refractivity contribution is 0.277. The van der Waals surface area contributed by atoms with E-state index in [2.05, 4.69) is 29.8 Å². The lowest BCUT2D eigenvalue weighted by Gasteiger charge is -2.07. The molecule has 0 aliphatic heterocycles. The van der Waals surface area contributed by atoms with Gasteiger partial charge in [-0.25, -0.2) is 0 Å². The first-order valence-corrected chi connectivity index (χ1v) is 3.35. The van der Waals surface area contributed by atoms with Crippen LogP contribution in [0.3, 0.4) is 0 Å². The van der Waals surface area contributed by atoms with Crippen molar-refractivity contribution in [3.63, 3.8) is 0 Å². The summed E-state index contributed by atoms with van der Waals surface area (Å²) in [5, 5.41) is 8.46. The molecular weight excluding hydrogens is 156 g/mol. The molecule has 0 aromatic heterocycles. The van der Waals surface area contributed by atoms with E-state index < -0.39 is 0 Å². The van der Waals surface area contributed by atoms with Crippen LogP contribution in [0, 0.1) is 5.92 Å². The molecule has 1 nitrogen and oxygen atoms in total. The van der Waals surface area contributed by atoms with Gasteiger partial charge in [0, 0.05) is 4.83 Å². The van der Waals surface area contributed by atoms with Crippen molar-refractivity contribution in [2.45, 2.75) is 18.7 Å². The van der Waals surface area contributed by atoms with E-state index >= 15 is 0 Å². The van der Waals surface area contributed by atoms with Crippen LogP contribution in [0.25, 0.3) is 0 Å². The lowest BCUT2D eigenvalue weighted by atomic mass is 10.1. The van der Waals surface area contributed by atoms with Crippen LogP contribution < -0.4 is 0 Å². The van der Waals surface area contributed by atoms with Crippen LogP contribution in [0.2, 0.25) is 0 Å². The summed E-state index contributed by atoms with van der Waals surface area (Å²) in [4.78, 5) is 0.271. The second kappa shape index (κ2) is 3.44. The molecule has 0 amide bonds. The van der Waals surface area contributed by atoms with Gasteiger partial charge in [0.05, 0.1) is 6.61 Å². The zero-order valence-electron chi connectivity index (χ0n) is 4.69. The van der Waals surface area contributed by atoms with Crippen LogP contribution in [-0.2, 0) is 0 Å². The standard InChI is InChI=1S/C5H11BrO/c1-4(2)5(6)3-7/h4-5,7H,3H2,1-2H3. The van der Waals surface area contributed by atoms with Crippen molar-refractivity contribution in [1.29, 1.82) is 0 Å². The van der Waals surface area contributed by atoms with Crippen LogP contribution in [0.15, 0.2) is 0 Å². The summed E-state index contributed by atoms with van der Waals surface area (Å²) in [6, 6.07) is 0. The fraction of sp³-hybridized carbons (Fsp3) is 1.00. The van der Waals surface area contributed by atoms with Gasteiger partial charge < -0.3 is 5.11 Å². The molecule has 0 spiro atoms. The molecule has 0 bridgehead atoms. The van der Waals surface area contributed by atoms with Crippen molar-refractivity contribution in [2.24, 2.45) is 5.92 Å². The monoisotopic (exact) mass is 166 g/mol. The maximum Gasteiger partial charge on any atom is 0.0558 e. The van der Waals surface area contributed by atoms with E-state index in [4.69, 9.17) is 5.11 Å². The third kappa shape index (κ3) is 3.06. The highest BCUT2D eigenvalue weighted by Gasteiger charge is 2.04. The van der Waals surface area contributed by atoms with E-state index in [0.717, 1.165) is 0 Å². The van der Waals surface area contributed by atoms with Gasteiger partial charge >= 0.3 is 0 Å². The maximum absolute atomic E-state index is 8.46. The Bertz CT molecular complexity index is 45.3. The van der Waals surface area contributed by atoms with Crippen LogP contribution >= 0.6 is 15.9 Å². The topological polar surface area (TPSA) is 20.2 Å². The zero-order valence-corrected chi connectivity index (χ0v) is 6.27. The third-order valence-electron chi connectivity index (χ3n) is 0.898. The quantitative estimate of drug-likeness (QED) is 0.616. The van der Waals surface area contributed by atoms with Crippen LogP contribution in [0.4, 0.5) is 0 Å². The molecule has 0 fully saturated rings. The van der Waals surface area contributed by atoms with E-state index in [1.165, 1.54) is 0 Å². The van der Waals surface area contributed by atoms with Gasteiger partial charge in [0.15, 0.2) is 0 Å². The number of rotatable bonds is 2. The predicted molar refractivity (Wildman–Crippen MR) is 34.6 cm³/mol. The molecule has 0 saturated heterocycles. The average molecular weight is 167 g/mol. The van der Waals surface area contributed by atoms with Crippen molar-refractivity contribution in [3.8, 4) is 0 Å². The Hall–Kier alpha value is 0.440. The van der Waals surface area contributed by atoms with Gasteiger partial charge in [-0.2, -0.15) is 0 Å². The summed E-state index contributed by atoms with van der Waals surface area (Å²) >= 11 is 3.29. The first kappa shape index (κ1) is 7.44. The molecule has 1 atom stereocenters. The van der Waals surface area contributed by atoms with E-state index in [-0.39, 0.29) is 11.4 Å². The summed E-state index contributed by atoms with van der Waals surface area (Å²) in [5.41, 5.74) is 0. The molecule has 0 saturated carbocycles. The molecule has 1 unspecified atom stereocenters. The Morgan fingerprint density at radius 1 is 1.57 bits per heavy atom. The normalized spacial score (nSPS) is 15.0. The summed E-state index contributed by atoms with van der Waals surface area (Å²) in [5.74, 6) is 0.532. The number of halogens is 1. The zero-order chi connectivity index (χ0) is 5.86. The number of hydrogen-bond donors (Lipinski definition) is 1.